The van der Waals surface area contributed by atoms with Gasteiger partial charge in [-0.25, -0.2) is 0 Å². The van der Waals surface area contributed by atoms with Crippen LogP contribution in [0.5, 0.6) is 5.75 Å². The van der Waals surface area contributed by atoms with Crippen LogP contribution in [0.15, 0.2) is 41.1 Å². The van der Waals surface area contributed by atoms with E-state index in [4.69, 9.17) is 16.3 Å². The SMILES string of the molecule is COc1cccc(Cl)c1CNc1ccncc1Br. The average Bonchev–Trinajstić information content (AvgIpc) is 2.39. The van der Waals surface area contributed by atoms with E-state index < -0.39 is 0 Å². The number of nitrogens with zero attached hydrogens (tertiary/aromatic N) is 1. The van der Waals surface area contributed by atoms with Gasteiger partial charge in [0.25, 0.3) is 0 Å². The number of rotatable bonds is 4. The maximum Gasteiger partial charge on any atom is 0.125 e. The van der Waals surface area contributed by atoms with Crippen molar-refractivity contribution in [2.45, 2.75) is 6.54 Å². The number of aromatic nitrogens is 1. The second kappa shape index (κ2) is 6.07. The highest BCUT2D eigenvalue weighted by Crippen LogP contribution is 2.28. The van der Waals surface area contributed by atoms with Gasteiger partial charge >= 0.3 is 0 Å². The fourth-order valence-electron chi connectivity index (χ4n) is 1.60. The number of anilines is 1. The van der Waals surface area contributed by atoms with Gasteiger partial charge in [0.2, 0.25) is 0 Å². The molecule has 0 amide bonds. The van der Waals surface area contributed by atoms with Gasteiger partial charge in [0, 0.05) is 29.5 Å². The summed E-state index contributed by atoms with van der Waals surface area (Å²) >= 11 is 9.60. The van der Waals surface area contributed by atoms with Gasteiger partial charge in [-0.3, -0.25) is 4.98 Å². The van der Waals surface area contributed by atoms with Crippen molar-refractivity contribution in [3.8, 4) is 5.75 Å². The molecule has 3 nitrogen and oxygen atoms in total. The molecule has 5 heteroatoms. The molecule has 0 fully saturated rings. The third-order valence-corrected chi connectivity index (χ3v) is 3.51. The first-order valence-corrected chi connectivity index (χ1v) is 6.54. The molecule has 1 N–H and O–H groups in total. The Morgan fingerprint density at radius 3 is 2.94 bits per heavy atom. The molecule has 0 atom stereocenters. The van der Waals surface area contributed by atoms with Gasteiger partial charge in [-0.2, -0.15) is 0 Å². The van der Waals surface area contributed by atoms with Crippen molar-refractivity contribution in [3.05, 3.63) is 51.7 Å². The van der Waals surface area contributed by atoms with Crippen molar-refractivity contribution in [1.82, 2.24) is 4.98 Å². The highest BCUT2D eigenvalue weighted by molar-refractivity contribution is 9.10. The van der Waals surface area contributed by atoms with Crippen LogP contribution >= 0.6 is 27.5 Å². The van der Waals surface area contributed by atoms with Crippen LogP contribution in [-0.4, -0.2) is 12.1 Å². The van der Waals surface area contributed by atoms with Crippen molar-refractivity contribution in [1.29, 1.82) is 0 Å². The maximum atomic E-state index is 6.17. The lowest BCUT2D eigenvalue weighted by Crippen LogP contribution is -2.03. The predicted octanol–water partition coefficient (Wildman–Crippen LogP) is 4.12. The Kier molecular flexibility index (Phi) is 4.44. The van der Waals surface area contributed by atoms with E-state index in [2.05, 4.69) is 26.2 Å². The van der Waals surface area contributed by atoms with E-state index in [0.717, 1.165) is 21.5 Å². The maximum absolute atomic E-state index is 6.17. The van der Waals surface area contributed by atoms with Gasteiger partial charge in [-0.05, 0) is 34.1 Å². The van der Waals surface area contributed by atoms with Crippen LogP contribution in [0.2, 0.25) is 5.02 Å². The van der Waals surface area contributed by atoms with Crippen LogP contribution in [0.1, 0.15) is 5.56 Å². The number of pyridine rings is 1. The third-order valence-electron chi connectivity index (χ3n) is 2.52. The third kappa shape index (κ3) is 2.94. The zero-order valence-corrected chi connectivity index (χ0v) is 12.1. The first kappa shape index (κ1) is 13.2. The minimum atomic E-state index is 0.589. The summed E-state index contributed by atoms with van der Waals surface area (Å²) in [5.74, 6) is 0.778. The number of nitrogens with one attached hydrogen (secondary N) is 1. The zero-order valence-electron chi connectivity index (χ0n) is 9.78. The molecule has 1 aromatic carbocycles. The lowest BCUT2D eigenvalue weighted by Gasteiger charge is -2.12. The molecule has 0 bridgehead atoms. The van der Waals surface area contributed by atoms with E-state index in [1.54, 1.807) is 19.5 Å². The molecule has 0 saturated carbocycles. The molecule has 0 spiro atoms. The monoisotopic (exact) mass is 326 g/mol. The lowest BCUT2D eigenvalue weighted by molar-refractivity contribution is 0.410. The summed E-state index contributed by atoms with van der Waals surface area (Å²) in [4.78, 5) is 4.01. The number of hydrogen-bond acceptors (Lipinski definition) is 3. The second-order valence-electron chi connectivity index (χ2n) is 3.63. The van der Waals surface area contributed by atoms with E-state index in [1.165, 1.54) is 0 Å². The quantitative estimate of drug-likeness (QED) is 0.917. The average molecular weight is 328 g/mol. The smallest absolute Gasteiger partial charge is 0.125 e. The first-order chi connectivity index (χ1) is 8.72. The Hall–Kier alpha value is -1.26. The predicted molar refractivity (Wildman–Crippen MR) is 77.3 cm³/mol. The number of hydrogen-bond donors (Lipinski definition) is 1. The van der Waals surface area contributed by atoms with E-state index in [1.807, 2.05) is 24.3 Å². The van der Waals surface area contributed by atoms with Crippen molar-refractivity contribution in [2.24, 2.45) is 0 Å². The Bertz CT molecular complexity index is 548. The van der Waals surface area contributed by atoms with Crippen LogP contribution in [-0.2, 0) is 6.54 Å². The van der Waals surface area contributed by atoms with Crippen LogP contribution in [0, 0.1) is 0 Å². The number of ether oxygens (including phenoxy) is 1. The van der Waals surface area contributed by atoms with Crippen molar-refractivity contribution < 1.29 is 4.74 Å². The minimum absolute atomic E-state index is 0.589. The number of methoxy groups -OCH3 is 1. The van der Waals surface area contributed by atoms with Gasteiger partial charge in [-0.1, -0.05) is 17.7 Å². The van der Waals surface area contributed by atoms with Crippen LogP contribution in [0.3, 0.4) is 0 Å². The largest absolute Gasteiger partial charge is 0.496 e. The lowest BCUT2D eigenvalue weighted by atomic mass is 10.2. The molecule has 1 heterocycles. The van der Waals surface area contributed by atoms with Gasteiger partial charge in [0.15, 0.2) is 0 Å². The molecule has 0 radical (unpaired) electrons. The molecule has 18 heavy (non-hydrogen) atoms. The molecule has 0 saturated heterocycles. The van der Waals surface area contributed by atoms with Gasteiger partial charge in [-0.15, -0.1) is 0 Å². The molecular formula is C13H12BrClN2O. The Morgan fingerprint density at radius 1 is 1.39 bits per heavy atom. The summed E-state index contributed by atoms with van der Waals surface area (Å²) < 4.78 is 6.21. The van der Waals surface area contributed by atoms with E-state index in [0.29, 0.717) is 11.6 Å². The molecular weight excluding hydrogens is 316 g/mol. The number of benzene rings is 1. The number of halogens is 2. The normalized spacial score (nSPS) is 10.2. The summed E-state index contributed by atoms with van der Waals surface area (Å²) in [5, 5.41) is 3.98. The van der Waals surface area contributed by atoms with Crippen molar-refractivity contribution in [3.63, 3.8) is 0 Å². The Labute approximate surface area is 119 Å². The van der Waals surface area contributed by atoms with Crippen molar-refractivity contribution >= 4 is 33.2 Å². The summed E-state index contributed by atoms with van der Waals surface area (Å²) in [6.45, 7) is 0.589. The molecule has 2 rings (SSSR count). The molecule has 0 aliphatic carbocycles. The molecule has 0 unspecified atom stereocenters. The van der Waals surface area contributed by atoms with Crippen LogP contribution in [0.25, 0.3) is 0 Å². The van der Waals surface area contributed by atoms with Gasteiger partial charge in [0.1, 0.15) is 5.75 Å². The van der Waals surface area contributed by atoms with Crippen molar-refractivity contribution in [2.75, 3.05) is 12.4 Å². The Morgan fingerprint density at radius 2 is 2.22 bits per heavy atom. The standard InChI is InChI=1S/C13H12BrClN2O/c1-18-13-4-2-3-11(15)9(13)7-17-12-5-6-16-8-10(12)14/h2-6,8H,7H2,1H3,(H,16,17). The molecule has 0 aliphatic rings. The van der Waals surface area contributed by atoms with E-state index >= 15 is 0 Å². The Balaban J connectivity index is 2.18. The van der Waals surface area contributed by atoms with E-state index in [-0.39, 0.29) is 0 Å². The highest BCUT2D eigenvalue weighted by atomic mass is 79.9. The van der Waals surface area contributed by atoms with Gasteiger partial charge < -0.3 is 10.1 Å². The summed E-state index contributed by atoms with van der Waals surface area (Å²) in [6.07, 6.45) is 3.48. The first-order valence-electron chi connectivity index (χ1n) is 5.37. The molecule has 0 aliphatic heterocycles. The summed E-state index contributed by atoms with van der Waals surface area (Å²) in [6, 6.07) is 7.51. The summed E-state index contributed by atoms with van der Waals surface area (Å²) in [7, 11) is 1.64. The molecule has 94 valence electrons. The van der Waals surface area contributed by atoms with Crippen LogP contribution in [0.4, 0.5) is 5.69 Å². The fourth-order valence-corrected chi connectivity index (χ4v) is 2.23. The van der Waals surface area contributed by atoms with Crippen LogP contribution < -0.4 is 10.1 Å². The molecule has 1 aromatic heterocycles. The fraction of sp³-hybridized carbons (Fsp3) is 0.154. The topological polar surface area (TPSA) is 34.1 Å². The highest BCUT2D eigenvalue weighted by Gasteiger charge is 2.08. The van der Waals surface area contributed by atoms with Gasteiger partial charge in [0.05, 0.1) is 17.3 Å². The zero-order chi connectivity index (χ0) is 13.0. The summed E-state index contributed by atoms with van der Waals surface area (Å²) in [5.41, 5.74) is 1.90. The molecule has 2 aromatic rings. The second-order valence-corrected chi connectivity index (χ2v) is 4.89. The van der Waals surface area contributed by atoms with E-state index in [9.17, 15) is 0 Å². The minimum Gasteiger partial charge on any atom is -0.496 e.